The maximum absolute atomic E-state index is 11.4. The molecule has 9 nitrogen and oxygen atoms in total. The first-order valence-corrected chi connectivity index (χ1v) is 9.29. The first-order valence-electron chi connectivity index (χ1n) is 9.29. The average molecular weight is 367 g/mol. The molecular formula is C18H21N7O2. The van der Waals surface area contributed by atoms with Gasteiger partial charge in [0.05, 0.1) is 12.2 Å². The number of nitrogens with one attached hydrogen (secondary N) is 3. The van der Waals surface area contributed by atoms with Crippen molar-refractivity contribution in [2.45, 2.75) is 44.7 Å². The van der Waals surface area contributed by atoms with E-state index in [0.717, 1.165) is 24.1 Å². The van der Waals surface area contributed by atoms with Crippen LogP contribution in [0.3, 0.4) is 0 Å². The molecular weight excluding hydrogens is 346 g/mol. The first-order chi connectivity index (χ1) is 13.1. The van der Waals surface area contributed by atoms with Crippen molar-refractivity contribution in [2.24, 2.45) is 10.9 Å². The molecule has 2 saturated carbocycles. The fraction of sp³-hybridized carbons (Fsp3) is 0.444. The summed E-state index contributed by atoms with van der Waals surface area (Å²) < 4.78 is 1.71. The van der Waals surface area contributed by atoms with E-state index < -0.39 is 5.69 Å². The molecule has 0 aromatic carbocycles. The summed E-state index contributed by atoms with van der Waals surface area (Å²) in [5.41, 5.74) is 1.22. The van der Waals surface area contributed by atoms with Gasteiger partial charge >= 0.3 is 5.69 Å². The molecule has 0 saturated heterocycles. The van der Waals surface area contributed by atoms with Crippen LogP contribution in [0.25, 0.3) is 11.7 Å². The van der Waals surface area contributed by atoms with Gasteiger partial charge in [-0.1, -0.05) is 0 Å². The predicted octanol–water partition coefficient (Wildman–Crippen LogP) is 0.272. The molecule has 5 rings (SSSR count). The molecule has 4 N–H and O–H groups in total. The quantitative estimate of drug-likeness (QED) is 0.515. The summed E-state index contributed by atoms with van der Waals surface area (Å²) in [6.45, 7) is 2.17. The lowest BCUT2D eigenvalue weighted by molar-refractivity contribution is 0.454. The Balaban J connectivity index is 1.66. The topological polar surface area (TPSA) is 123 Å². The highest BCUT2D eigenvalue weighted by molar-refractivity contribution is 5.58. The second kappa shape index (κ2) is 5.97. The molecule has 1 atom stereocenters. The molecule has 2 aliphatic carbocycles. The van der Waals surface area contributed by atoms with Gasteiger partial charge in [-0.25, -0.2) is 9.78 Å². The van der Waals surface area contributed by atoms with Crippen LogP contribution < -0.4 is 21.7 Å². The maximum atomic E-state index is 11.4. The Bertz CT molecular complexity index is 1180. The van der Waals surface area contributed by atoms with E-state index in [9.17, 15) is 9.90 Å². The van der Waals surface area contributed by atoms with Gasteiger partial charge < -0.3 is 15.4 Å². The van der Waals surface area contributed by atoms with Gasteiger partial charge in [-0.2, -0.15) is 9.61 Å². The second-order valence-electron chi connectivity index (χ2n) is 7.45. The third-order valence-corrected chi connectivity index (χ3v) is 5.08. The second-order valence-corrected chi connectivity index (χ2v) is 7.45. The molecule has 2 aliphatic rings. The number of nitrogens with zero attached hydrogens (tertiary/aromatic N) is 4. The highest BCUT2D eigenvalue weighted by atomic mass is 16.3. The monoisotopic (exact) mass is 367 g/mol. The standard InChI is InChI=1S/C18H21N7O2/c1-9(10-2-3-10)20-14-7-15(21-12-4-5-12)25-16(23-14)11(8-19-25)6-13-17(26)24-18(27)22-13/h6-10,12,20,26H,2-5H2,1H3,(H2,22,24,27)/b11-6-,21-15?/t9-/m0/s1. The molecule has 0 aliphatic heterocycles. The lowest BCUT2D eigenvalue weighted by Gasteiger charge is -2.13. The van der Waals surface area contributed by atoms with Crippen molar-refractivity contribution in [3.63, 3.8) is 0 Å². The largest absolute Gasteiger partial charge is 0.493 e. The Hall–Kier alpha value is -3.10. The minimum absolute atomic E-state index is 0.209. The summed E-state index contributed by atoms with van der Waals surface area (Å²) in [5.74, 6) is 1.26. The highest BCUT2D eigenvalue weighted by Crippen LogP contribution is 2.33. The number of aromatic hydroxyl groups is 1. The Morgan fingerprint density at radius 1 is 1.37 bits per heavy atom. The summed E-state index contributed by atoms with van der Waals surface area (Å²) >= 11 is 0. The van der Waals surface area contributed by atoms with Crippen LogP contribution in [-0.4, -0.2) is 41.8 Å². The third kappa shape index (κ3) is 3.20. The molecule has 3 aromatic heterocycles. The van der Waals surface area contributed by atoms with E-state index in [1.165, 1.54) is 12.8 Å². The zero-order chi connectivity index (χ0) is 18.5. The Morgan fingerprint density at radius 2 is 2.19 bits per heavy atom. The number of aromatic amines is 2. The molecule has 0 bridgehead atoms. The van der Waals surface area contributed by atoms with Crippen molar-refractivity contribution in [2.75, 3.05) is 5.32 Å². The summed E-state index contributed by atoms with van der Waals surface area (Å²) in [4.78, 5) is 25.7. The number of H-pyrrole nitrogens is 2. The van der Waals surface area contributed by atoms with Gasteiger partial charge in [0.15, 0.2) is 11.1 Å². The zero-order valence-corrected chi connectivity index (χ0v) is 14.9. The van der Waals surface area contributed by atoms with Gasteiger partial charge in [0.2, 0.25) is 5.88 Å². The Kier molecular flexibility index (Phi) is 3.56. The molecule has 0 spiro atoms. The van der Waals surface area contributed by atoms with E-state index in [-0.39, 0.29) is 5.88 Å². The van der Waals surface area contributed by atoms with Crippen LogP contribution in [0, 0.1) is 5.92 Å². The van der Waals surface area contributed by atoms with Crippen LogP contribution in [0.15, 0.2) is 22.1 Å². The number of imidazole rings is 1. The number of anilines is 1. The minimum atomic E-state index is -0.465. The van der Waals surface area contributed by atoms with Crippen molar-refractivity contribution in [1.82, 2.24) is 24.6 Å². The van der Waals surface area contributed by atoms with E-state index in [4.69, 9.17) is 9.98 Å². The fourth-order valence-electron chi connectivity index (χ4n) is 3.22. The van der Waals surface area contributed by atoms with Crippen molar-refractivity contribution in [1.29, 1.82) is 0 Å². The van der Waals surface area contributed by atoms with Gasteiger partial charge in [0.25, 0.3) is 0 Å². The molecule has 9 heteroatoms. The zero-order valence-electron chi connectivity index (χ0n) is 14.9. The van der Waals surface area contributed by atoms with Crippen molar-refractivity contribution >= 4 is 17.5 Å². The number of aromatic nitrogens is 5. The first kappa shape index (κ1) is 16.1. The van der Waals surface area contributed by atoms with Crippen LogP contribution in [0.2, 0.25) is 0 Å². The van der Waals surface area contributed by atoms with E-state index >= 15 is 0 Å². The number of rotatable bonds is 5. The summed E-state index contributed by atoms with van der Waals surface area (Å²) in [6, 6.07) is 2.65. The molecule has 27 heavy (non-hydrogen) atoms. The number of fused-ring (bicyclic) bond motifs is 1. The van der Waals surface area contributed by atoms with E-state index in [1.807, 2.05) is 6.07 Å². The van der Waals surface area contributed by atoms with Crippen molar-refractivity contribution in [3.8, 4) is 5.88 Å². The van der Waals surface area contributed by atoms with E-state index in [1.54, 1.807) is 16.8 Å². The predicted molar refractivity (Wildman–Crippen MR) is 99.2 cm³/mol. The summed E-state index contributed by atoms with van der Waals surface area (Å²) in [5, 5.41) is 18.4. The van der Waals surface area contributed by atoms with Crippen LogP contribution >= 0.6 is 0 Å². The van der Waals surface area contributed by atoms with Gasteiger partial charge in [-0.05, 0) is 44.6 Å². The van der Waals surface area contributed by atoms with Crippen LogP contribution in [-0.2, 0) is 0 Å². The highest BCUT2D eigenvalue weighted by Gasteiger charge is 2.28. The van der Waals surface area contributed by atoms with Gasteiger partial charge in [-0.3, -0.25) is 9.98 Å². The van der Waals surface area contributed by atoms with Crippen LogP contribution in [0.1, 0.15) is 38.3 Å². The summed E-state index contributed by atoms with van der Waals surface area (Å²) in [7, 11) is 0. The number of hydrogen-bond acceptors (Lipinski definition) is 6. The van der Waals surface area contributed by atoms with Gasteiger partial charge in [-0.15, -0.1) is 0 Å². The Labute approximate surface area is 153 Å². The van der Waals surface area contributed by atoms with E-state index in [2.05, 4.69) is 27.3 Å². The fourth-order valence-corrected chi connectivity index (χ4v) is 3.22. The average Bonchev–Trinajstić information content (AvgIpc) is 3.53. The molecule has 3 heterocycles. The SMILES string of the molecule is C[C@H](Nc1cc(=NC2CC2)n2nc/c(=C/c3[nH]c(=O)[nH]c3O)c2n1)C1CC1. The smallest absolute Gasteiger partial charge is 0.326 e. The third-order valence-electron chi connectivity index (χ3n) is 5.08. The lowest BCUT2D eigenvalue weighted by atomic mass is 10.2. The molecule has 0 unspecified atom stereocenters. The molecule has 0 radical (unpaired) electrons. The minimum Gasteiger partial charge on any atom is -0.493 e. The van der Waals surface area contributed by atoms with Gasteiger partial charge in [0, 0.05) is 17.3 Å². The van der Waals surface area contributed by atoms with Crippen LogP contribution in [0.4, 0.5) is 5.82 Å². The molecule has 140 valence electrons. The van der Waals surface area contributed by atoms with E-state index in [0.29, 0.717) is 34.6 Å². The number of hydrogen-bond donors (Lipinski definition) is 4. The summed E-state index contributed by atoms with van der Waals surface area (Å²) in [6.07, 6.45) is 8.02. The van der Waals surface area contributed by atoms with Crippen LogP contribution in [0.5, 0.6) is 5.88 Å². The van der Waals surface area contributed by atoms with Crippen molar-refractivity contribution < 1.29 is 5.11 Å². The van der Waals surface area contributed by atoms with Gasteiger partial charge in [0.1, 0.15) is 11.5 Å². The Morgan fingerprint density at radius 3 is 2.85 bits per heavy atom. The normalized spacial score (nSPS) is 19.7. The molecule has 2 fully saturated rings. The lowest BCUT2D eigenvalue weighted by Crippen LogP contribution is -2.24. The molecule has 3 aromatic rings. The molecule has 0 amide bonds. The maximum Gasteiger partial charge on any atom is 0.326 e. The van der Waals surface area contributed by atoms with Crippen molar-refractivity contribution in [3.05, 3.63) is 39.1 Å².